The van der Waals surface area contributed by atoms with Crippen LogP contribution in [0.25, 0.3) is 0 Å². The molecule has 0 aromatic heterocycles. The number of esters is 3. The van der Waals surface area contributed by atoms with Gasteiger partial charge in [0.25, 0.3) is 0 Å². The minimum absolute atomic E-state index is 0.0807. The Kier molecular flexibility index (Phi) is 56.8. The van der Waals surface area contributed by atoms with Gasteiger partial charge in [0.1, 0.15) is 13.2 Å². The Morgan fingerprint density at radius 1 is 0.296 bits per heavy atom. The topological polar surface area (TPSA) is 78.9 Å². The van der Waals surface area contributed by atoms with E-state index in [1.165, 1.54) is 161 Å². The molecule has 0 rings (SSSR count). The fourth-order valence-corrected chi connectivity index (χ4v) is 8.64. The van der Waals surface area contributed by atoms with Crippen LogP contribution in [0.3, 0.4) is 0 Å². The molecule has 0 aliphatic carbocycles. The van der Waals surface area contributed by atoms with Crippen LogP contribution in [-0.4, -0.2) is 37.2 Å². The van der Waals surface area contributed by atoms with Crippen LogP contribution >= 0.6 is 0 Å². The third kappa shape index (κ3) is 57.6. The molecule has 0 bridgehead atoms. The lowest BCUT2D eigenvalue weighted by Gasteiger charge is -2.18. The first-order chi connectivity index (χ1) is 35.0. The number of hydrogen-bond donors (Lipinski definition) is 0. The number of hydrogen-bond acceptors (Lipinski definition) is 6. The average molecular weight is 992 g/mol. The van der Waals surface area contributed by atoms with Gasteiger partial charge in [-0.1, -0.05) is 267 Å². The summed E-state index contributed by atoms with van der Waals surface area (Å²) in [4.78, 5) is 38.3. The van der Waals surface area contributed by atoms with Gasteiger partial charge in [-0.25, -0.2) is 0 Å². The number of unbranched alkanes of at least 4 members (excludes halogenated alkanes) is 32. The van der Waals surface area contributed by atoms with Crippen LogP contribution in [0.1, 0.15) is 303 Å². The molecule has 0 aliphatic rings. The first-order valence-electron chi connectivity index (χ1n) is 30.4. The molecule has 1 atom stereocenters. The molecule has 410 valence electrons. The standard InChI is InChI=1S/C65H114O6/c1-4-7-10-13-16-19-22-25-28-31-32-35-37-40-43-46-49-52-55-58-64(67)70-61-62(71-65(68)59-56-53-50-47-44-41-38-34-30-27-24-21-18-15-12-9-6-3)60-69-63(66)57-54-51-48-45-42-39-36-33-29-26-23-20-17-14-11-8-5-2/h7,10,16,18-19,21,25,27-28,30,32,35,62H,4-6,8-9,11-15,17,20,22-24,26,29,31,33-34,36-61H2,1-3H3/b10-7-,19-16-,21-18-,28-25-,30-27-,35-32-. The molecular weight excluding hydrogens is 877 g/mol. The molecule has 6 heteroatoms. The van der Waals surface area contributed by atoms with Gasteiger partial charge < -0.3 is 14.2 Å². The Balaban J connectivity index is 4.40. The second kappa shape index (κ2) is 59.4. The van der Waals surface area contributed by atoms with Crippen molar-refractivity contribution in [2.45, 2.75) is 309 Å². The number of rotatable bonds is 55. The average Bonchev–Trinajstić information content (AvgIpc) is 3.37. The first-order valence-corrected chi connectivity index (χ1v) is 30.4. The van der Waals surface area contributed by atoms with Gasteiger partial charge >= 0.3 is 17.9 Å². The highest BCUT2D eigenvalue weighted by molar-refractivity contribution is 5.71. The second-order valence-corrected chi connectivity index (χ2v) is 20.2. The molecule has 0 spiro atoms. The Labute approximate surface area is 440 Å². The van der Waals surface area contributed by atoms with E-state index in [1.807, 2.05) is 0 Å². The van der Waals surface area contributed by atoms with E-state index < -0.39 is 6.10 Å². The first kappa shape index (κ1) is 67.8. The lowest BCUT2D eigenvalue weighted by Crippen LogP contribution is -2.30. The third-order valence-electron chi connectivity index (χ3n) is 13.2. The normalized spacial score (nSPS) is 12.5. The van der Waals surface area contributed by atoms with E-state index in [0.29, 0.717) is 19.3 Å². The van der Waals surface area contributed by atoms with Crippen molar-refractivity contribution in [3.05, 3.63) is 72.9 Å². The van der Waals surface area contributed by atoms with Crippen molar-refractivity contribution in [1.29, 1.82) is 0 Å². The number of ether oxygens (including phenoxy) is 3. The zero-order chi connectivity index (χ0) is 51.4. The summed E-state index contributed by atoms with van der Waals surface area (Å²) in [6.07, 6.45) is 76.0. The highest BCUT2D eigenvalue weighted by atomic mass is 16.6. The van der Waals surface area contributed by atoms with Crippen molar-refractivity contribution in [2.24, 2.45) is 0 Å². The lowest BCUT2D eigenvalue weighted by atomic mass is 10.0. The van der Waals surface area contributed by atoms with E-state index in [0.717, 1.165) is 103 Å². The molecule has 6 nitrogen and oxygen atoms in total. The smallest absolute Gasteiger partial charge is 0.306 e. The summed E-state index contributed by atoms with van der Waals surface area (Å²) in [6, 6.07) is 0. The summed E-state index contributed by atoms with van der Waals surface area (Å²) in [5.41, 5.74) is 0. The van der Waals surface area contributed by atoms with Crippen LogP contribution in [0.15, 0.2) is 72.9 Å². The minimum atomic E-state index is -0.785. The predicted octanol–water partition coefficient (Wildman–Crippen LogP) is 20.5. The molecule has 0 heterocycles. The largest absolute Gasteiger partial charge is 0.462 e. The Bertz CT molecular complexity index is 1320. The summed E-state index contributed by atoms with van der Waals surface area (Å²) in [5, 5.41) is 0. The van der Waals surface area contributed by atoms with E-state index in [2.05, 4.69) is 93.7 Å². The van der Waals surface area contributed by atoms with Crippen molar-refractivity contribution in [1.82, 2.24) is 0 Å². The Morgan fingerprint density at radius 2 is 0.549 bits per heavy atom. The fourth-order valence-electron chi connectivity index (χ4n) is 8.64. The van der Waals surface area contributed by atoms with Crippen LogP contribution < -0.4 is 0 Å². The summed E-state index contributed by atoms with van der Waals surface area (Å²) < 4.78 is 16.9. The molecule has 0 aromatic rings. The van der Waals surface area contributed by atoms with Gasteiger partial charge in [0, 0.05) is 19.3 Å². The van der Waals surface area contributed by atoms with Crippen LogP contribution in [0.5, 0.6) is 0 Å². The molecule has 1 unspecified atom stereocenters. The number of carbonyl (C=O) groups is 3. The third-order valence-corrected chi connectivity index (χ3v) is 13.2. The van der Waals surface area contributed by atoms with Crippen LogP contribution in [0.4, 0.5) is 0 Å². The molecule has 0 saturated carbocycles. The lowest BCUT2D eigenvalue weighted by molar-refractivity contribution is -0.167. The molecule has 71 heavy (non-hydrogen) atoms. The maximum Gasteiger partial charge on any atom is 0.306 e. The molecule has 0 fully saturated rings. The van der Waals surface area contributed by atoms with E-state index in [1.54, 1.807) is 0 Å². The van der Waals surface area contributed by atoms with Gasteiger partial charge in [0.15, 0.2) is 6.10 Å². The van der Waals surface area contributed by atoms with Gasteiger partial charge in [-0.15, -0.1) is 0 Å². The van der Waals surface area contributed by atoms with Gasteiger partial charge in [-0.05, 0) is 89.9 Å². The summed E-state index contributed by atoms with van der Waals surface area (Å²) >= 11 is 0. The van der Waals surface area contributed by atoms with E-state index in [9.17, 15) is 14.4 Å². The van der Waals surface area contributed by atoms with E-state index >= 15 is 0 Å². The zero-order valence-electron chi connectivity index (χ0n) is 47.0. The predicted molar refractivity (Wildman–Crippen MR) is 307 cm³/mol. The molecule has 0 aliphatic heterocycles. The highest BCUT2D eigenvalue weighted by Crippen LogP contribution is 2.16. The van der Waals surface area contributed by atoms with Crippen molar-refractivity contribution in [3.63, 3.8) is 0 Å². The Hall–Kier alpha value is -3.15. The Morgan fingerprint density at radius 3 is 0.887 bits per heavy atom. The summed E-state index contributed by atoms with van der Waals surface area (Å²) in [7, 11) is 0. The van der Waals surface area contributed by atoms with E-state index in [4.69, 9.17) is 14.2 Å². The van der Waals surface area contributed by atoms with Crippen molar-refractivity contribution in [3.8, 4) is 0 Å². The molecular formula is C65H114O6. The van der Waals surface area contributed by atoms with Gasteiger partial charge in [-0.2, -0.15) is 0 Å². The van der Waals surface area contributed by atoms with Crippen LogP contribution in [0.2, 0.25) is 0 Å². The fraction of sp³-hybridized carbons (Fsp3) is 0.769. The molecule has 0 aromatic carbocycles. The summed E-state index contributed by atoms with van der Waals surface area (Å²) in [6.45, 7) is 6.52. The van der Waals surface area contributed by atoms with Crippen molar-refractivity contribution < 1.29 is 28.6 Å². The quantitative estimate of drug-likeness (QED) is 0.0261. The SMILES string of the molecule is CC/C=C\C/C=C\C/C=C\C/C=C\CCCCCCCCC(=O)OCC(COC(=O)CCCCCCCCCCCCCCCCCCC)OC(=O)CCCCCCCCC/C=C\C/C=C\CCCCC. The number of allylic oxidation sites excluding steroid dienone is 12. The van der Waals surface area contributed by atoms with Gasteiger partial charge in [0.05, 0.1) is 0 Å². The van der Waals surface area contributed by atoms with Crippen molar-refractivity contribution in [2.75, 3.05) is 13.2 Å². The molecule has 0 N–H and O–H groups in total. The second-order valence-electron chi connectivity index (χ2n) is 20.2. The van der Waals surface area contributed by atoms with Crippen molar-refractivity contribution >= 4 is 17.9 Å². The van der Waals surface area contributed by atoms with Gasteiger partial charge in [0.2, 0.25) is 0 Å². The number of carbonyl (C=O) groups excluding carboxylic acids is 3. The minimum Gasteiger partial charge on any atom is -0.462 e. The maximum absolute atomic E-state index is 12.9. The van der Waals surface area contributed by atoms with Crippen LogP contribution in [0, 0.1) is 0 Å². The molecule has 0 saturated heterocycles. The van der Waals surface area contributed by atoms with E-state index in [-0.39, 0.29) is 31.1 Å². The maximum atomic E-state index is 12.9. The highest BCUT2D eigenvalue weighted by Gasteiger charge is 2.19. The van der Waals surface area contributed by atoms with Gasteiger partial charge in [-0.3, -0.25) is 14.4 Å². The molecule has 0 amide bonds. The summed E-state index contributed by atoms with van der Waals surface area (Å²) in [5.74, 6) is -0.889. The van der Waals surface area contributed by atoms with Crippen LogP contribution in [-0.2, 0) is 28.6 Å². The zero-order valence-corrected chi connectivity index (χ0v) is 47.0. The molecule has 0 radical (unpaired) electrons. The monoisotopic (exact) mass is 991 g/mol.